The molecule has 454 valence electrons. The summed E-state index contributed by atoms with van der Waals surface area (Å²) < 4.78 is 24.9. The first kappa shape index (κ1) is 82.0. The average molecular weight is 1300 g/mol. The van der Waals surface area contributed by atoms with Gasteiger partial charge in [0.25, 0.3) is 0 Å². The fourth-order valence-corrected chi connectivity index (χ4v) is 8.96. The van der Waals surface area contributed by atoms with Crippen LogP contribution in [-0.2, 0) is 23.7 Å². The number of rotatable bonds is 24. The lowest BCUT2D eigenvalue weighted by Crippen LogP contribution is -2.19. The van der Waals surface area contributed by atoms with Gasteiger partial charge in [0.1, 0.15) is 0 Å². The van der Waals surface area contributed by atoms with Crippen molar-refractivity contribution in [2.75, 3.05) is 92.1 Å². The van der Waals surface area contributed by atoms with E-state index >= 15 is 0 Å². The molecule has 0 aliphatic heterocycles. The van der Waals surface area contributed by atoms with Crippen LogP contribution < -0.4 is 0 Å². The summed E-state index contributed by atoms with van der Waals surface area (Å²) in [5, 5.41) is 52.3. The summed E-state index contributed by atoms with van der Waals surface area (Å²) in [6.07, 6.45) is -3.17. The van der Waals surface area contributed by atoms with Crippen LogP contribution in [-0.4, -0.2) is 129 Å². The van der Waals surface area contributed by atoms with Gasteiger partial charge >= 0.3 is 0 Å². The van der Waals surface area contributed by atoms with Gasteiger partial charge in [0.2, 0.25) is 0 Å². The predicted octanol–water partition coefficient (Wildman–Crippen LogP) is 14.4. The average Bonchev–Trinajstić information content (AvgIpc) is 3.41. The Morgan fingerprint density at radius 2 is 0.571 bits per heavy atom. The van der Waals surface area contributed by atoms with Gasteiger partial charge in [-0.25, -0.2) is 0 Å². The van der Waals surface area contributed by atoms with E-state index in [9.17, 15) is 25.5 Å². The van der Waals surface area contributed by atoms with Gasteiger partial charge in [-0.2, -0.15) is 0 Å². The second kappa shape index (κ2) is 49.2. The number of hydrogen-bond acceptors (Lipinski definition) is 10. The predicted molar refractivity (Wildman–Crippen MR) is 339 cm³/mol. The molecule has 0 aliphatic rings. The summed E-state index contributed by atoms with van der Waals surface area (Å²) in [5.74, 6) is 0.957. The fraction of sp³-hybridized carbons (Fsp3) is 0.455. The number of halogens is 10. The second-order valence-electron chi connectivity index (χ2n) is 16.6. The third-order valence-corrected chi connectivity index (χ3v) is 14.1. The Morgan fingerprint density at radius 1 is 0.351 bits per heavy atom. The van der Waals surface area contributed by atoms with E-state index in [1.54, 1.807) is 78.0 Å². The molecule has 0 fully saturated rings. The summed E-state index contributed by atoms with van der Waals surface area (Å²) in [5.41, 5.74) is 3.74. The lowest BCUT2D eigenvalue weighted by molar-refractivity contribution is 0.0567. The van der Waals surface area contributed by atoms with Crippen molar-refractivity contribution in [2.24, 2.45) is 29.6 Å². The number of ether oxygens (including phenoxy) is 5. The SMILES string of the molecule is COCC(C)C(O)c1ccccc1Cl.COCC(CCl)C(O)c1ccccc1.COCC(CCl)C(O)c1ccccc1Cl.COCC(CCl)C(O)c1ccccc1Cl.COCC(CCl)C(O)c1ccccc1Cl.Cl.Cl.O.O.[HH].[HH].[HH].[HH].[HH].[HH].[HH]. The zero-order chi connectivity index (χ0) is 54.7. The smallest absolute Gasteiger partial charge is 0.0866 e. The molecule has 77 heavy (non-hydrogen) atoms. The van der Waals surface area contributed by atoms with Crippen LogP contribution >= 0.6 is 118 Å². The van der Waals surface area contributed by atoms with E-state index in [4.69, 9.17) is 116 Å². The van der Waals surface area contributed by atoms with Crippen LogP contribution in [0.3, 0.4) is 0 Å². The quantitative estimate of drug-likeness (QED) is 0.0369. The molecule has 0 radical (unpaired) electrons. The first-order valence-electron chi connectivity index (χ1n) is 23.2. The van der Waals surface area contributed by atoms with E-state index in [2.05, 4.69) is 0 Å². The topological polar surface area (TPSA) is 210 Å². The van der Waals surface area contributed by atoms with Gasteiger partial charge in [-0.1, -0.05) is 156 Å². The van der Waals surface area contributed by atoms with Crippen LogP contribution in [0.2, 0.25) is 20.1 Å². The Labute approximate surface area is 518 Å². The summed E-state index contributed by atoms with van der Waals surface area (Å²) in [7, 11) is 7.98. The van der Waals surface area contributed by atoms with E-state index in [0.29, 0.717) is 93.3 Å². The largest absolute Gasteiger partial charge is 0.412 e. The molecule has 0 heterocycles. The number of alkyl halides is 4. The van der Waals surface area contributed by atoms with E-state index in [1.165, 1.54) is 0 Å². The molecule has 0 aliphatic carbocycles. The lowest BCUT2D eigenvalue weighted by Gasteiger charge is -2.21. The Hall–Kier alpha value is -1.48. The Kier molecular flexibility index (Phi) is 52.3. The summed E-state index contributed by atoms with van der Waals surface area (Å²) in [6, 6.07) is 38.4. The molecule has 0 spiro atoms. The molecule has 22 heteroatoms. The van der Waals surface area contributed by atoms with Gasteiger partial charge < -0.3 is 60.2 Å². The van der Waals surface area contributed by atoms with Gasteiger partial charge in [0.15, 0.2) is 0 Å². The number of aliphatic hydroxyl groups is 5. The van der Waals surface area contributed by atoms with Gasteiger partial charge in [-0.15, -0.1) is 71.2 Å². The van der Waals surface area contributed by atoms with E-state index in [1.807, 2.05) is 91.9 Å². The highest BCUT2D eigenvalue weighted by molar-refractivity contribution is 6.32. The standard InChI is InChI=1S/3C11H14Cl2O2.2C11H15ClO2.2ClH.2H2O.7H2/c3*1-15-7-8(6-12)11(14)9-4-2-3-5-10(9)13;1-8(7-14-2)11(13)9-5-3-4-6-10(9)12;1-14-8-10(7-12)11(13)9-5-3-2-4-6-9;;;;;;;;;;;/h3*2-5,8,11,14H,6-7H2,1H3;3-6,8,11,13H,7H2,1-2H3;2-6,10-11,13H,7-8H2,1H3;2*1H;2*1H2;7*1H. The molecule has 0 bridgehead atoms. The molecule has 5 rings (SSSR count). The maximum Gasteiger partial charge on any atom is 0.0866 e. The molecule has 0 saturated carbocycles. The maximum absolute atomic E-state index is 10.0. The molecule has 12 nitrogen and oxygen atoms in total. The van der Waals surface area contributed by atoms with Crippen LogP contribution in [0.15, 0.2) is 127 Å². The lowest BCUT2D eigenvalue weighted by atomic mass is 9.98. The minimum atomic E-state index is -0.684. The monoisotopic (exact) mass is 1290 g/mol. The van der Waals surface area contributed by atoms with Crippen molar-refractivity contribution >= 4 is 118 Å². The van der Waals surface area contributed by atoms with Crippen LogP contribution in [0.1, 0.15) is 75.2 Å². The van der Waals surface area contributed by atoms with Crippen LogP contribution in [0.4, 0.5) is 0 Å². The molecule has 0 amide bonds. The van der Waals surface area contributed by atoms with Crippen molar-refractivity contribution in [3.8, 4) is 0 Å². The van der Waals surface area contributed by atoms with Crippen molar-refractivity contribution in [2.45, 2.75) is 37.4 Å². The molecule has 5 aromatic carbocycles. The van der Waals surface area contributed by atoms with Crippen molar-refractivity contribution in [3.63, 3.8) is 0 Å². The normalized spacial score (nSPS) is 14.2. The number of methoxy groups -OCH3 is 5. The Balaban J connectivity index is -0.0000000853. The zero-order valence-corrected chi connectivity index (χ0v) is 51.6. The summed E-state index contributed by atoms with van der Waals surface area (Å²) >= 11 is 46.9. The maximum atomic E-state index is 10.0. The first-order valence-corrected chi connectivity index (χ1v) is 26.8. The van der Waals surface area contributed by atoms with Crippen LogP contribution in [0.25, 0.3) is 0 Å². The molecule has 5 aromatic rings. The highest BCUT2D eigenvalue weighted by atomic mass is 35.5. The van der Waals surface area contributed by atoms with Crippen molar-refractivity contribution in [3.05, 3.63) is 175 Å². The molecule has 9 N–H and O–H groups in total. The van der Waals surface area contributed by atoms with E-state index in [0.717, 1.165) is 11.1 Å². The third kappa shape index (κ3) is 30.4. The minimum absolute atomic E-state index is 0. The Bertz CT molecular complexity index is 2050. The number of benzene rings is 5. The van der Waals surface area contributed by atoms with E-state index in [-0.39, 0.29) is 75.3 Å². The third-order valence-electron chi connectivity index (χ3n) is 11.1. The van der Waals surface area contributed by atoms with Crippen molar-refractivity contribution < 1.29 is 70.2 Å². The number of hydrogen-bond donors (Lipinski definition) is 5. The van der Waals surface area contributed by atoms with Gasteiger partial charge in [-0.05, 0) is 52.1 Å². The molecular weight excluding hydrogens is 1210 g/mol. The zero-order valence-electron chi connectivity index (χ0n) is 43.9. The first-order chi connectivity index (χ1) is 35.1. The molecule has 0 aromatic heterocycles. The summed E-state index contributed by atoms with van der Waals surface area (Å²) in [4.78, 5) is 0. The highest BCUT2D eigenvalue weighted by Crippen LogP contribution is 2.32. The number of aliphatic hydroxyl groups excluding tert-OH is 5. The van der Waals surface area contributed by atoms with Crippen molar-refractivity contribution in [1.82, 2.24) is 0 Å². The Morgan fingerprint density at radius 3 is 0.805 bits per heavy atom. The molecule has 0 saturated heterocycles. The minimum Gasteiger partial charge on any atom is -0.412 e. The van der Waals surface area contributed by atoms with Crippen LogP contribution in [0.5, 0.6) is 0 Å². The van der Waals surface area contributed by atoms with Crippen LogP contribution in [0, 0.1) is 29.6 Å². The van der Waals surface area contributed by atoms with Gasteiger partial charge in [-0.3, -0.25) is 0 Å². The second-order valence-corrected chi connectivity index (χ2v) is 19.5. The van der Waals surface area contributed by atoms with Gasteiger partial charge in [0, 0.05) is 119 Å². The van der Waals surface area contributed by atoms with E-state index < -0.39 is 30.5 Å². The summed E-state index contributed by atoms with van der Waals surface area (Å²) in [6.45, 7) is 4.16. The van der Waals surface area contributed by atoms with Gasteiger partial charge in [0.05, 0.1) is 63.6 Å². The fourth-order valence-electron chi connectivity index (χ4n) is 6.94. The molecule has 10 atom stereocenters. The highest BCUT2D eigenvalue weighted by Gasteiger charge is 2.25. The molecular formula is C55H92Cl10O12. The van der Waals surface area contributed by atoms with Crippen molar-refractivity contribution in [1.29, 1.82) is 0 Å². The molecule has 10 unspecified atom stereocenters.